The maximum absolute atomic E-state index is 6.19. The Kier molecular flexibility index (Phi) is 5.08. The molecule has 2 aliphatic carbocycles. The fraction of sp³-hybridized carbons (Fsp3) is 1.00. The number of nitrogens with zero attached hydrogens (tertiary/aromatic N) is 1. The molecule has 0 aromatic carbocycles. The Labute approximate surface area is 113 Å². The van der Waals surface area contributed by atoms with Gasteiger partial charge in [-0.1, -0.05) is 39.0 Å². The van der Waals surface area contributed by atoms with Gasteiger partial charge >= 0.3 is 0 Å². The van der Waals surface area contributed by atoms with Crippen LogP contribution >= 0.6 is 0 Å². The molecule has 0 amide bonds. The summed E-state index contributed by atoms with van der Waals surface area (Å²) >= 11 is 0. The summed E-state index contributed by atoms with van der Waals surface area (Å²) in [6.07, 6.45) is 12.7. The number of hydrogen-bond acceptors (Lipinski definition) is 2. The summed E-state index contributed by atoms with van der Waals surface area (Å²) < 4.78 is 0. The lowest BCUT2D eigenvalue weighted by Crippen LogP contribution is -2.58. The summed E-state index contributed by atoms with van der Waals surface area (Å²) in [5, 5.41) is 0. The molecule has 2 saturated carbocycles. The first-order chi connectivity index (χ1) is 8.69. The third kappa shape index (κ3) is 2.91. The Bertz CT molecular complexity index is 247. The first kappa shape index (κ1) is 14.3. The molecule has 2 fully saturated rings. The van der Waals surface area contributed by atoms with Crippen molar-refractivity contribution < 1.29 is 0 Å². The van der Waals surface area contributed by atoms with Crippen LogP contribution in [-0.4, -0.2) is 30.6 Å². The van der Waals surface area contributed by atoms with Crippen LogP contribution in [0.1, 0.15) is 64.7 Å². The molecular weight excluding hydrogens is 220 g/mol. The second-order valence-electron chi connectivity index (χ2n) is 6.84. The van der Waals surface area contributed by atoms with Gasteiger partial charge in [0, 0.05) is 18.6 Å². The lowest BCUT2D eigenvalue weighted by atomic mass is 9.72. The Morgan fingerprint density at radius 3 is 2.33 bits per heavy atom. The van der Waals surface area contributed by atoms with Crippen LogP contribution in [0, 0.1) is 11.8 Å². The van der Waals surface area contributed by atoms with E-state index >= 15 is 0 Å². The fourth-order valence-electron chi connectivity index (χ4n) is 4.36. The molecule has 0 aliphatic heterocycles. The van der Waals surface area contributed by atoms with Crippen molar-refractivity contribution in [3.63, 3.8) is 0 Å². The van der Waals surface area contributed by atoms with E-state index in [0.717, 1.165) is 18.4 Å². The van der Waals surface area contributed by atoms with Gasteiger partial charge in [0.1, 0.15) is 0 Å². The van der Waals surface area contributed by atoms with Gasteiger partial charge in [-0.15, -0.1) is 0 Å². The van der Waals surface area contributed by atoms with Gasteiger partial charge in [0.15, 0.2) is 0 Å². The molecule has 106 valence electrons. The molecule has 2 N–H and O–H groups in total. The lowest BCUT2D eigenvalue weighted by molar-refractivity contribution is 0.0187. The molecule has 18 heavy (non-hydrogen) atoms. The molecule has 0 aromatic rings. The highest BCUT2D eigenvalue weighted by atomic mass is 15.2. The standard InChI is InChI=1S/C16H32N2/c1-14-8-6-7-11-16(14,13-17)18(2)12-15-9-4-3-5-10-15/h14-15H,3-13,17H2,1-2H3. The minimum absolute atomic E-state index is 0.301. The number of nitrogens with two attached hydrogens (primary N) is 1. The van der Waals surface area contributed by atoms with E-state index in [9.17, 15) is 0 Å². The first-order valence-electron chi connectivity index (χ1n) is 8.10. The van der Waals surface area contributed by atoms with E-state index in [2.05, 4.69) is 18.9 Å². The zero-order chi connectivity index (χ0) is 13.0. The molecule has 0 aromatic heterocycles. The van der Waals surface area contributed by atoms with Crippen LogP contribution in [0.5, 0.6) is 0 Å². The van der Waals surface area contributed by atoms with E-state index in [4.69, 9.17) is 5.73 Å². The number of hydrogen-bond donors (Lipinski definition) is 1. The second kappa shape index (κ2) is 6.38. The summed E-state index contributed by atoms with van der Waals surface area (Å²) in [5.41, 5.74) is 6.49. The van der Waals surface area contributed by atoms with Gasteiger partial charge < -0.3 is 5.73 Å². The monoisotopic (exact) mass is 252 g/mol. The van der Waals surface area contributed by atoms with Gasteiger partial charge in [0.05, 0.1) is 0 Å². The van der Waals surface area contributed by atoms with E-state index in [1.807, 2.05) is 0 Å². The van der Waals surface area contributed by atoms with E-state index in [1.54, 1.807) is 0 Å². The van der Waals surface area contributed by atoms with Crippen molar-refractivity contribution in [2.24, 2.45) is 17.6 Å². The molecule has 2 aliphatic rings. The van der Waals surface area contributed by atoms with Crippen molar-refractivity contribution in [2.45, 2.75) is 70.3 Å². The van der Waals surface area contributed by atoms with Crippen molar-refractivity contribution in [1.29, 1.82) is 0 Å². The van der Waals surface area contributed by atoms with Crippen molar-refractivity contribution in [3.8, 4) is 0 Å². The molecule has 0 bridgehead atoms. The summed E-state index contributed by atoms with van der Waals surface area (Å²) in [6.45, 7) is 4.54. The zero-order valence-electron chi connectivity index (χ0n) is 12.5. The quantitative estimate of drug-likeness (QED) is 0.831. The fourth-order valence-corrected chi connectivity index (χ4v) is 4.36. The molecule has 0 heterocycles. The molecular formula is C16H32N2. The number of rotatable bonds is 4. The van der Waals surface area contributed by atoms with Gasteiger partial charge in [0.25, 0.3) is 0 Å². The van der Waals surface area contributed by atoms with E-state index in [-0.39, 0.29) is 0 Å². The Morgan fingerprint density at radius 1 is 1.06 bits per heavy atom. The highest BCUT2D eigenvalue weighted by Crippen LogP contribution is 2.38. The molecule has 0 saturated heterocycles. The maximum atomic E-state index is 6.19. The molecule has 0 radical (unpaired) electrons. The van der Waals surface area contributed by atoms with Crippen LogP contribution in [0.3, 0.4) is 0 Å². The average Bonchev–Trinajstić information content (AvgIpc) is 2.40. The van der Waals surface area contributed by atoms with Gasteiger partial charge in [-0.25, -0.2) is 0 Å². The third-order valence-electron chi connectivity index (χ3n) is 5.78. The second-order valence-corrected chi connectivity index (χ2v) is 6.84. The Hall–Kier alpha value is -0.0800. The topological polar surface area (TPSA) is 29.3 Å². The van der Waals surface area contributed by atoms with Gasteiger partial charge in [-0.3, -0.25) is 4.90 Å². The van der Waals surface area contributed by atoms with E-state index in [0.29, 0.717) is 5.54 Å². The van der Waals surface area contributed by atoms with Gasteiger partial charge in [0.2, 0.25) is 0 Å². The maximum Gasteiger partial charge on any atom is 0.0354 e. The summed E-state index contributed by atoms with van der Waals surface area (Å²) in [4.78, 5) is 2.65. The van der Waals surface area contributed by atoms with Crippen LogP contribution < -0.4 is 5.73 Å². The van der Waals surface area contributed by atoms with Crippen LogP contribution in [0.2, 0.25) is 0 Å². The smallest absolute Gasteiger partial charge is 0.0354 e. The van der Waals surface area contributed by atoms with Crippen LogP contribution in [0.25, 0.3) is 0 Å². The predicted octanol–water partition coefficient (Wildman–Crippen LogP) is 3.41. The molecule has 2 atom stereocenters. The highest BCUT2D eigenvalue weighted by Gasteiger charge is 2.40. The zero-order valence-corrected chi connectivity index (χ0v) is 12.5. The SMILES string of the molecule is CC1CCCCC1(CN)N(C)CC1CCCCC1. The van der Waals surface area contributed by atoms with Crippen LogP contribution in [0.4, 0.5) is 0 Å². The molecule has 2 nitrogen and oxygen atoms in total. The lowest BCUT2D eigenvalue weighted by Gasteiger charge is -2.49. The van der Waals surface area contributed by atoms with Crippen molar-refractivity contribution in [1.82, 2.24) is 4.90 Å². The molecule has 2 rings (SSSR count). The first-order valence-corrected chi connectivity index (χ1v) is 8.10. The Morgan fingerprint density at radius 2 is 1.72 bits per heavy atom. The predicted molar refractivity (Wildman–Crippen MR) is 78.6 cm³/mol. The van der Waals surface area contributed by atoms with Crippen LogP contribution in [-0.2, 0) is 0 Å². The summed E-state index contributed by atoms with van der Waals surface area (Å²) in [6, 6.07) is 0. The highest BCUT2D eigenvalue weighted by molar-refractivity contribution is 4.97. The van der Waals surface area contributed by atoms with Crippen molar-refractivity contribution in [3.05, 3.63) is 0 Å². The molecule has 2 heteroatoms. The van der Waals surface area contributed by atoms with Crippen LogP contribution in [0.15, 0.2) is 0 Å². The van der Waals surface area contributed by atoms with E-state index < -0.39 is 0 Å². The van der Waals surface area contributed by atoms with Crippen molar-refractivity contribution >= 4 is 0 Å². The largest absolute Gasteiger partial charge is 0.329 e. The molecule has 0 spiro atoms. The minimum Gasteiger partial charge on any atom is -0.329 e. The summed E-state index contributed by atoms with van der Waals surface area (Å²) in [7, 11) is 2.34. The van der Waals surface area contributed by atoms with Gasteiger partial charge in [-0.05, 0) is 44.6 Å². The van der Waals surface area contributed by atoms with Crippen molar-refractivity contribution in [2.75, 3.05) is 20.1 Å². The minimum atomic E-state index is 0.301. The molecule has 2 unspecified atom stereocenters. The summed E-state index contributed by atoms with van der Waals surface area (Å²) in [5.74, 6) is 1.70. The number of likely N-dealkylation sites (N-methyl/N-ethyl adjacent to an activating group) is 1. The third-order valence-corrected chi connectivity index (χ3v) is 5.78. The van der Waals surface area contributed by atoms with E-state index in [1.165, 1.54) is 64.3 Å². The normalized spacial score (nSPS) is 35.0. The van der Waals surface area contributed by atoms with Gasteiger partial charge in [-0.2, -0.15) is 0 Å². The average molecular weight is 252 g/mol. The Balaban J connectivity index is 1.97.